The first-order chi connectivity index (χ1) is 24.8. The van der Waals surface area contributed by atoms with Gasteiger partial charge >= 0.3 is 0 Å². The van der Waals surface area contributed by atoms with E-state index in [1.807, 2.05) is 109 Å². The highest BCUT2D eigenvalue weighted by molar-refractivity contribution is 5.41. The van der Waals surface area contributed by atoms with Crippen molar-refractivity contribution in [3.63, 3.8) is 0 Å². The van der Waals surface area contributed by atoms with Crippen LogP contribution in [0.3, 0.4) is 0 Å². The van der Waals surface area contributed by atoms with Crippen LogP contribution in [0.2, 0.25) is 0 Å². The number of para-hydroxylation sites is 1. The Balaban J connectivity index is 1.31. The first-order valence-electron chi connectivity index (χ1n) is 17.0. The molecule has 6 heteroatoms. The third kappa shape index (κ3) is 8.02. The van der Waals surface area contributed by atoms with Crippen molar-refractivity contribution >= 4 is 0 Å². The van der Waals surface area contributed by atoms with Gasteiger partial charge in [-0.2, -0.15) is 0 Å². The molecule has 50 heavy (non-hydrogen) atoms. The van der Waals surface area contributed by atoms with Crippen LogP contribution in [0.4, 0.5) is 0 Å². The van der Waals surface area contributed by atoms with Crippen molar-refractivity contribution < 1.29 is 23.7 Å². The van der Waals surface area contributed by atoms with E-state index >= 15 is 0 Å². The van der Waals surface area contributed by atoms with Crippen LogP contribution in [0.15, 0.2) is 158 Å². The molecule has 7 rings (SSSR count). The van der Waals surface area contributed by atoms with Gasteiger partial charge in [-0.25, -0.2) is 0 Å². The first-order valence-corrected chi connectivity index (χ1v) is 17.0. The molecule has 0 unspecified atom stereocenters. The van der Waals surface area contributed by atoms with Crippen LogP contribution in [0.25, 0.3) is 0 Å². The van der Waals surface area contributed by atoms with E-state index in [1.54, 1.807) is 7.11 Å². The summed E-state index contributed by atoms with van der Waals surface area (Å²) in [6.45, 7) is 1.18. The summed E-state index contributed by atoms with van der Waals surface area (Å²) in [7, 11) is 1.70. The van der Waals surface area contributed by atoms with E-state index < -0.39 is 24.4 Å². The summed E-state index contributed by atoms with van der Waals surface area (Å²) in [6, 6.07) is 53.0. The van der Waals surface area contributed by atoms with Crippen molar-refractivity contribution in [3.05, 3.63) is 202 Å². The maximum Gasteiger partial charge on any atom is 0.129 e. The highest BCUT2D eigenvalue weighted by atomic mass is 16.5. The Kier molecular flexibility index (Phi) is 11.0. The van der Waals surface area contributed by atoms with Gasteiger partial charge in [-0.3, -0.25) is 4.98 Å². The topological polar surface area (TPSA) is 59.0 Å². The molecule has 0 N–H and O–H groups in total. The Morgan fingerprint density at radius 3 is 1.06 bits per heavy atom. The lowest BCUT2D eigenvalue weighted by atomic mass is 9.97. The van der Waals surface area contributed by atoms with Gasteiger partial charge < -0.3 is 23.7 Å². The summed E-state index contributed by atoms with van der Waals surface area (Å²) in [5.41, 5.74) is 7.52. The number of nitrogens with zero attached hydrogens (tertiary/aromatic N) is 1. The molecular formula is C44H41NO5. The lowest BCUT2D eigenvalue weighted by Gasteiger charge is -2.30. The van der Waals surface area contributed by atoms with Gasteiger partial charge in [0.1, 0.15) is 30.2 Å². The van der Waals surface area contributed by atoms with E-state index in [1.165, 1.54) is 0 Å². The third-order valence-corrected chi connectivity index (χ3v) is 8.97. The Bertz CT molecular complexity index is 1790. The quantitative estimate of drug-likeness (QED) is 0.183. The molecule has 4 bridgehead atoms. The fourth-order valence-corrected chi connectivity index (χ4v) is 6.53. The Morgan fingerprint density at radius 1 is 0.400 bits per heavy atom. The largest absolute Gasteiger partial charge is 0.496 e. The SMILES string of the molecule is COc1c2cccc1CO[C@H](c1ccccc1)[C@@H](c1ccccc1)OCc1cccc(n1)CO[C@H](c1ccccc1)[C@@H](c1ccccc1)OC2. The number of benzene rings is 5. The first kappa shape index (κ1) is 33.4. The summed E-state index contributed by atoms with van der Waals surface area (Å²) in [6.07, 6.45) is -1.65. The molecule has 4 atom stereocenters. The van der Waals surface area contributed by atoms with Gasteiger partial charge in [0, 0.05) is 11.1 Å². The van der Waals surface area contributed by atoms with Gasteiger partial charge in [0.25, 0.3) is 0 Å². The maximum atomic E-state index is 6.86. The third-order valence-electron chi connectivity index (χ3n) is 8.97. The lowest BCUT2D eigenvalue weighted by Crippen LogP contribution is -2.20. The summed E-state index contributed by atoms with van der Waals surface area (Å²) in [5, 5.41) is 0. The second-order valence-corrected chi connectivity index (χ2v) is 12.3. The Hall–Kier alpha value is -5.11. The second-order valence-electron chi connectivity index (χ2n) is 12.3. The van der Waals surface area contributed by atoms with Crippen molar-refractivity contribution in [2.75, 3.05) is 7.11 Å². The average Bonchev–Trinajstić information content (AvgIpc) is 3.18. The van der Waals surface area contributed by atoms with E-state index in [9.17, 15) is 0 Å². The number of pyridine rings is 1. The van der Waals surface area contributed by atoms with E-state index in [2.05, 4.69) is 48.5 Å². The van der Waals surface area contributed by atoms with Gasteiger partial charge in [0.15, 0.2) is 0 Å². The fourth-order valence-electron chi connectivity index (χ4n) is 6.53. The molecule has 0 saturated carbocycles. The minimum atomic E-state index is -0.414. The predicted molar refractivity (Wildman–Crippen MR) is 193 cm³/mol. The van der Waals surface area contributed by atoms with E-state index in [0.29, 0.717) is 13.2 Å². The normalized spacial score (nSPS) is 20.3. The molecule has 0 radical (unpaired) electrons. The number of fused-ring (bicyclic) bond motifs is 4. The van der Waals surface area contributed by atoms with Gasteiger partial charge in [0.2, 0.25) is 0 Å². The summed E-state index contributed by atoms with van der Waals surface area (Å²) < 4.78 is 33.3. The summed E-state index contributed by atoms with van der Waals surface area (Å²) in [4.78, 5) is 4.98. The van der Waals surface area contributed by atoms with Gasteiger partial charge in [-0.05, 0) is 34.4 Å². The van der Waals surface area contributed by atoms with Crippen molar-refractivity contribution in [3.8, 4) is 5.75 Å². The molecule has 6 aromatic rings. The van der Waals surface area contributed by atoms with Crippen LogP contribution < -0.4 is 4.74 Å². The molecule has 0 amide bonds. The summed E-state index contributed by atoms with van der Waals surface area (Å²) >= 11 is 0. The highest BCUT2D eigenvalue weighted by Gasteiger charge is 2.30. The number of methoxy groups -OCH3 is 1. The van der Waals surface area contributed by atoms with Gasteiger partial charge in [0.05, 0.1) is 44.9 Å². The molecule has 0 fully saturated rings. The number of hydrogen-bond acceptors (Lipinski definition) is 6. The van der Waals surface area contributed by atoms with E-state index in [-0.39, 0.29) is 13.2 Å². The molecule has 6 nitrogen and oxygen atoms in total. The van der Waals surface area contributed by atoms with Crippen LogP contribution in [-0.4, -0.2) is 12.1 Å². The lowest BCUT2D eigenvalue weighted by molar-refractivity contribution is -0.0947. The molecule has 1 aliphatic heterocycles. The molecule has 1 aliphatic rings. The van der Waals surface area contributed by atoms with E-state index in [4.69, 9.17) is 28.7 Å². The fraction of sp³-hybridized carbons (Fsp3) is 0.205. The predicted octanol–water partition coefficient (Wildman–Crippen LogP) is 9.84. The van der Waals surface area contributed by atoms with Crippen molar-refractivity contribution in [2.24, 2.45) is 0 Å². The molecule has 2 heterocycles. The van der Waals surface area contributed by atoms with Crippen LogP contribution >= 0.6 is 0 Å². The zero-order chi connectivity index (χ0) is 34.0. The van der Waals surface area contributed by atoms with Crippen LogP contribution in [0, 0.1) is 0 Å². The van der Waals surface area contributed by atoms with Crippen LogP contribution in [0.1, 0.15) is 69.2 Å². The molecule has 5 aromatic carbocycles. The molecule has 0 saturated heterocycles. The summed E-state index contributed by atoms with van der Waals surface area (Å²) in [5.74, 6) is 0.737. The minimum absolute atomic E-state index is 0.288. The minimum Gasteiger partial charge on any atom is -0.496 e. The average molecular weight is 664 g/mol. The smallest absolute Gasteiger partial charge is 0.129 e. The Labute approximate surface area is 294 Å². The standard InChI is InChI=1S/C44H41NO5/c1-46-40-36-24-14-25-37(40)29-48-42(33-18-8-3-9-19-33)44(35-22-12-5-13-23-35)50-31-39-27-15-26-38(45-39)30-49-43(34-20-10-4-11-21-34)41(47-28-36)32-16-6-2-7-17-32/h2-27,41-44H,28-31H2,1H3/t41-,42-,43-,44-/m1/s1. The van der Waals surface area contributed by atoms with Crippen molar-refractivity contribution in [2.45, 2.75) is 50.8 Å². The van der Waals surface area contributed by atoms with E-state index in [0.717, 1.165) is 50.5 Å². The number of aromatic nitrogens is 1. The molecule has 1 aromatic heterocycles. The number of rotatable bonds is 5. The van der Waals surface area contributed by atoms with Crippen LogP contribution in [0.5, 0.6) is 5.75 Å². The zero-order valence-corrected chi connectivity index (χ0v) is 28.1. The maximum absolute atomic E-state index is 6.86. The molecule has 0 spiro atoms. The van der Waals surface area contributed by atoms with Crippen molar-refractivity contribution in [1.82, 2.24) is 4.98 Å². The molecule has 252 valence electrons. The van der Waals surface area contributed by atoms with Crippen LogP contribution in [-0.2, 0) is 45.4 Å². The molecular weight excluding hydrogens is 622 g/mol. The van der Waals surface area contributed by atoms with Crippen molar-refractivity contribution in [1.29, 1.82) is 0 Å². The number of hydrogen-bond donors (Lipinski definition) is 0. The second kappa shape index (κ2) is 16.5. The Morgan fingerprint density at radius 2 is 0.720 bits per heavy atom. The highest BCUT2D eigenvalue weighted by Crippen LogP contribution is 2.40. The van der Waals surface area contributed by atoms with Gasteiger partial charge in [-0.15, -0.1) is 0 Å². The molecule has 0 aliphatic carbocycles. The monoisotopic (exact) mass is 663 g/mol. The zero-order valence-electron chi connectivity index (χ0n) is 28.1. The van der Waals surface area contributed by atoms with Gasteiger partial charge in [-0.1, -0.05) is 146 Å². The number of ether oxygens (including phenoxy) is 5.